The van der Waals surface area contributed by atoms with Crippen LogP contribution >= 0.6 is 11.8 Å². The van der Waals surface area contributed by atoms with E-state index < -0.39 is 4.92 Å². The SMILES string of the molecule is O=C(c1cc(=O)[nH]c2ccc([N+](=O)[O-])cc12)N1CCCSCC1. The van der Waals surface area contributed by atoms with Gasteiger partial charge in [-0.15, -0.1) is 0 Å². The topological polar surface area (TPSA) is 96.3 Å². The largest absolute Gasteiger partial charge is 0.338 e. The minimum atomic E-state index is -0.513. The van der Waals surface area contributed by atoms with E-state index in [0.29, 0.717) is 24.0 Å². The maximum atomic E-state index is 12.8. The molecule has 1 aromatic heterocycles. The van der Waals surface area contributed by atoms with Crippen molar-refractivity contribution in [3.05, 3.63) is 50.3 Å². The summed E-state index contributed by atoms with van der Waals surface area (Å²) in [6.45, 7) is 1.25. The van der Waals surface area contributed by atoms with Crippen molar-refractivity contribution in [3.63, 3.8) is 0 Å². The molecule has 1 N–H and O–H groups in total. The predicted molar refractivity (Wildman–Crippen MR) is 89.1 cm³/mol. The Morgan fingerprint density at radius 1 is 1.26 bits per heavy atom. The summed E-state index contributed by atoms with van der Waals surface area (Å²) in [6, 6.07) is 5.34. The smallest absolute Gasteiger partial charge is 0.270 e. The van der Waals surface area contributed by atoms with E-state index in [0.717, 1.165) is 17.9 Å². The van der Waals surface area contributed by atoms with E-state index in [9.17, 15) is 19.7 Å². The van der Waals surface area contributed by atoms with Crippen LogP contribution in [0.4, 0.5) is 5.69 Å². The number of nitrogens with zero attached hydrogens (tertiary/aromatic N) is 2. The van der Waals surface area contributed by atoms with Gasteiger partial charge < -0.3 is 9.88 Å². The Balaban J connectivity index is 2.10. The van der Waals surface area contributed by atoms with Gasteiger partial charge in [-0.2, -0.15) is 11.8 Å². The quantitative estimate of drug-likeness (QED) is 0.670. The van der Waals surface area contributed by atoms with E-state index in [1.54, 1.807) is 16.7 Å². The molecule has 8 heteroatoms. The number of nitro benzene ring substituents is 1. The lowest BCUT2D eigenvalue weighted by Crippen LogP contribution is -2.33. The van der Waals surface area contributed by atoms with Gasteiger partial charge in [0.25, 0.3) is 11.6 Å². The normalized spacial score (nSPS) is 15.4. The number of rotatable bonds is 2. The molecule has 0 unspecified atom stereocenters. The average Bonchev–Trinajstić information content (AvgIpc) is 2.82. The standard InChI is InChI=1S/C15H15N3O4S/c19-14-9-12(15(20)17-4-1-6-23-7-5-17)11-8-10(18(21)22)2-3-13(11)16-14/h2-3,8-9H,1,4-7H2,(H,16,19). The molecule has 2 aromatic rings. The van der Waals surface area contributed by atoms with Gasteiger partial charge in [-0.3, -0.25) is 19.7 Å². The molecule has 0 radical (unpaired) electrons. The van der Waals surface area contributed by atoms with E-state index in [4.69, 9.17) is 0 Å². The maximum absolute atomic E-state index is 12.8. The Hall–Kier alpha value is -2.35. The molecule has 0 aliphatic carbocycles. The minimum absolute atomic E-state index is 0.106. The molecule has 1 aromatic carbocycles. The molecule has 23 heavy (non-hydrogen) atoms. The van der Waals surface area contributed by atoms with Crippen LogP contribution in [-0.2, 0) is 0 Å². The molecular weight excluding hydrogens is 318 g/mol. The summed E-state index contributed by atoms with van der Waals surface area (Å²) in [7, 11) is 0. The zero-order valence-electron chi connectivity index (χ0n) is 12.3. The highest BCUT2D eigenvalue weighted by Crippen LogP contribution is 2.23. The Labute approximate surface area is 135 Å². The summed E-state index contributed by atoms with van der Waals surface area (Å²) in [5, 5.41) is 11.4. The van der Waals surface area contributed by atoms with Gasteiger partial charge in [0.1, 0.15) is 0 Å². The zero-order chi connectivity index (χ0) is 16.4. The Morgan fingerprint density at radius 3 is 2.87 bits per heavy atom. The highest BCUT2D eigenvalue weighted by molar-refractivity contribution is 7.99. The first kappa shape index (κ1) is 15.5. The first-order valence-electron chi connectivity index (χ1n) is 7.25. The summed E-state index contributed by atoms with van der Waals surface area (Å²) in [5.74, 6) is 1.61. The summed E-state index contributed by atoms with van der Waals surface area (Å²) in [5.41, 5.74) is 0.152. The molecule has 2 heterocycles. The van der Waals surface area contributed by atoms with Gasteiger partial charge in [-0.25, -0.2) is 0 Å². The lowest BCUT2D eigenvalue weighted by atomic mass is 10.1. The number of non-ortho nitro benzene ring substituents is 1. The van der Waals surface area contributed by atoms with Crippen LogP contribution in [0.1, 0.15) is 16.8 Å². The molecule has 3 rings (SSSR count). The predicted octanol–water partition coefficient (Wildman–Crippen LogP) is 2.02. The maximum Gasteiger partial charge on any atom is 0.270 e. The van der Waals surface area contributed by atoms with Crippen molar-refractivity contribution in [2.45, 2.75) is 6.42 Å². The molecule has 120 valence electrons. The van der Waals surface area contributed by atoms with Crippen LogP contribution in [0.3, 0.4) is 0 Å². The number of fused-ring (bicyclic) bond motifs is 1. The summed E-state index contributed by atoms with van der Waals surface area (Å²) in [4.78, 5) is 39.4. The Morgan fingerprint density at radius 2 is 2.09 bits per heavy atom. The van der Waals surface area contributed by atoms with Gasteiger partial charge in [0.15, 0.2) is 0 Å². The minimum Gasteiger partial charge on any atom is -0.338 e. The molecule has 1 aliphatic heterocycles. The number of amides is 1. The van der Waals surface area contributed by atoms with Crippen molar-refractivity contribution in [1.29, 1.82) is 0 Å². The number of nitrogens with one attached hydrogen (secondary N) is 1. The molecule has 0 atom stereocenters. The van der Waals surface area contributed by atoms with Crippen molar-refractivity contribution >= 4 is 34.3 Å². The summed E-state index contributed by atoms with van der Waals surface area (Å²) in [6.07, 6.45) is 0.900. The molecule has 1 fully saturated rings. The number of hydrogen-bond acceptors (Lipinski definition) is 5. The number of nitro groups is 1. The first-order valence-corrected chi connectivity index (χ1v) is 8.40. The number of pyridine rings is 1. The Kier molecular flexibility index (Phi) is 4.33. The highest BCUT2D eigenvalue weighted by atomic mass is 32.2. The third-order valence-electron chi connectivity index (χ3n) is 3.78. The number of hydrogen-bond donors (Lipinski definition) is 1. The second-order valence-corrected chi connectivity index (χ2v) is 6.52. The second kappa shape index (κ2) is 6.41. The molecule has 1 saturated heterocycles. The molecule has 1 amide bonds. The van der Waals surface area contributed by atoms with Crippen LogP contribution in [-0.4, -0.2) is 45.3 Å². The van der Waals surface area contributed by atoms with E-state index in [2.05, 4.69) is 4.98 Å². The third-order valence-corrected chi connectivity index (χ3v) is 4.83. The van der Waals surface area contributed by atoms with Gasteiger partial charge in [-0.1, -0.05) is 0 Å². The first-order chi connectivity index (χ1) is 11.1. The average molecular weight is 333 g/mol. The van der Waals surface area contributed by atoms with Crippen molar-refractivity contribution in [3.8, 4) is 0 Å². The van der Waals surface area contributed by atoms with Crippen LogP contribution in [0.15, 0.2) is 29.1 Å². The zero-order valence-corrected chi connectivity index (χ0v) is 13.1. The van der Waals surface area contributed by atoms with E-state index >= 15 is 0 Å². The molecule has 1 aliphatic rings. The van der Waals surface area contributed by atoms with Crippen molar-refractivity contribution in [2.75, 3.05) is 24.6 Å². The third kappa shape index (κ3) is 3.21. The fourth-order valence-electron chi connectivity index (χ4n) is 2.65. The van der Waals surface area contributed by atoms with E-state index in [1.807, 2.05) is 0 Å². The second-order valence-electron chi connectivity index (χ2n) is 5.29. The number of H-pyrrole nitrogens is 1. The molecule has 0 bridgehead atoms. The lowest BCUT2D eigenvalue weighted by molar-refractivity contribution is -0.384. The number of aromatic nitrogens is 1. The van der Waals surface area contributed by atoms with Crippen LogP contribution < -0.4 is 5.56 Å². The number of benzene rings is 1. The summed E-state index contributed by atoms with van der Waals surface area (Å²) >= 11 is 1.79. The fraction of sp³-hybridized carbons (Fsp3) is 0.333. The van der Waals surface area contributed by atoms with Crippen LogP contribution in [0.5, 0.6) is 0 Å². The van der Waals surface area contributed by atoms with Crippen molar-refractivity contribution < 1.29 is 9.72 Å². The number of carbonyl (C=O) groups excluding carboxylic acids is 1. The fourth-order valence-corrected chi connectivity index (χ4v) is 3.54. The number of thioether (sulfide) groups is 1. The monoisotopic (exact) mass is 333 g/mol. The van der Waals surface area contributed by atoms with E-state index in [1.165, 1.54) is 24.3 Å². The van der Waals surface area contributed by atoms with Crippen LogP contribution in [0.25, 0.3) is 10.9 Å². The van der Waals surface area contributed by atoms with Gasteiger partial charge in [0, 0.05) is 47.9 Å². The molecular formula is C15H15N3O4S. The molecule has 0 saturated carbocycles. The van der Waals surface area contributed by atoms with Crippen LogP contribution in [0.2, 0.25) is 0 Å². The van der Waals surface area contributed by atoms with Crippen molar-refractivity contribution in [1.82, 2.24) is 9.88 Å². The number of aromatic amines is 1. The highest BCUT2D eigenvalue weighted by Gasteiger charge is 2.21. The Bertz CT molecular complexity index is 825. The molecule has 7 nitrogen and oxygen atoms in total. The lowest BCUT2D eigenvalue weighted by Gasteiger charge is -2.20. The van der Waals surface area contributed by atoms with Gasteiger partial charge >= 0.3 is 0 Å². The van der Waals surface area contributed by atoms with Gasteiger partial charge in [0.2, 0.25) is 5.56 Å². The van der Waals surface area contributed by atoms with E-state index in [-0.39, 0.29) is 22.7 Å². The summed E-state index contributed by atoms with van der Waals surface area (Å²) < 4.78 is 0. The van der Waals surface area contributed by atoms with Gasteiger partial charge in [-0.05, 0) is 18.2 Å². The van der Waals surface area contributed by atoms with Crippen molar-refractivity contribution in [2.24, 2.45) is 0 Å². The number of carbonyl (C=O) groups is 1. The van der Waals surface area contributed by atoms with Crippen LogP contribution in [0, 0.1) is 10.1 Å². The van der Waals surface area contributed by atoms with Gasteiger partial charge in [0.05, 0.1) is 10.5 Å². The molecule has 0 spiro atoms.